The van der Waals surface area contributed by atoms with Crippen LogP contribution in [0.1, 0.15) is 55.1 Å². The van der Waals surface area contributed by atoms with E-state index < -0.39 is 24.5 Å². The van der Waals surface area contributed by atoms with Crippen LogP contribution in [0.25, 0.3) is 5.65 Å². The molecule has 0 spiro atoms. The van der Waals surface area contributed by atoms with Crippen LogP contribution in [0, 0.1) is 0 Å². The van der Waals surface area contributed by atoms with Crippen molar-refractivity contribution in [3.05, 3.63) is 83.8 Å². The number of nitrogens with one attached hydrogen (secondary N) is 1. The molecule has 302 valence electrons. The first-order chi connectivity index (χ1) is 25.4. The number of aromatic nitrogens is 4. The molecule has 22 heteroatoms. The van der Waals surface area contributed by atoms with Gasteiger partial charge in [0.25, 0.3) is 18.9 Å². The van der Waals surface area contributed by atoms with Gasteiger partial charge in [0.05, 0.1) is 6.20 Å². The number of pyridine rings is 1. The normalized spacial score (nSPS) is 14.0. The van der Waals surface area contributed by atoms with E-state index in [-0.39, 0.29) is 24.3 Å². The Morgan fingerprint density at radius 2 is 1.44 bits per heavy atom. The number of alkyl halides is 9. The Balaban J connectivity index is 0.000000594. The number of fused-ring (bicyclic) bond motifs is 1. The maximum Gasteiger partial charge on any atom is 0.490 e. The van der Waals surface area contributed by atoms with Crippen LogP contribution in [0.5, 0.6) is 0 Å². The minimum absolute atomic E-state index is 0.0479. The molecule has 1 saturated heterocycles. The molecule has 1 aliphatic heterocycles. The van der Waals surface area contributed by atoms with E-state index in [1.54, 1.807) is 10.7 Å². The lowest BCUT2D eigenvalue weighted by molar-refractivity contribution is -0.339. The van der Waals surface area contributed by atoms with Crippen molar-refractivity contribution >= 4 is 42.1 Å². The Labute approximate surface area is 306 Å². The second-order valence-electron chi connectivity index (χ2n) is 12.0. The first kappa shape index (κ1) is 47.1. The monoisotopic (exact) mass is 798 g/mol. The van der Waals surface area contributed by atoms with Crippen molar-refractivity contribution < 1.29 is 74.0 Å². The predicted octanol–water partition coefficient (Wildman–Crippen LogP) is 7.03. The minimum Gasteiger partial charge on any atom is -0.483 e. The number of carboxylic acid groups (broad SMARTS) is 3. The van der Waals surface area contributed by atoms with Crippen molar-refractivity contribution in [1.29, 1.82) is 0 Å². The van der Waals surface area contributed by atoms with E-state index in [1.165, 1.54) is 11.1 Å². The quantitative estimate of drug-likeness (QED) is 0.120. The Hall–Kier alpha value is -5.96. The first-order valence-electron chi connectivity index (χ1n) is 15.4. The summed E-state index contributed by atoms with van der Waals surface area (Å²) in [6.07, 6.45) is -8.46. The number of carboxylic acids is 1. The molecule has 1 unspecified atom stereocenters. The smallest absolute Gasteiger partial charge is 0.483 e. The number of rotatable bonds is 5. The number of nitrogens with zero attached hydrogens (tertiary/aromatic N) is 5. The lowest BCUT2D eigenvalue weighted by Gasteiger charge is -2.25. The molecule has 1 atom stereocenters. The van der Waals surface area contributed by atoms with Gasteiger partial charge in [-0.25, -0.2) is 14.3 Å². The van der Waals surface area contributed by atoms with E-state index in [0.717, 1.165) is 31.6 Å². The highest BCUT2D eigenvalue weighted by Gasteiger charge is 2.58. The minimum atomic E-state index is -6.06. The summed E-state index contributed by atoms with van der Waals surface area (Å²) in [7, 11) is 0. The Kier molecular flexibility index (Phi) is 17.5. The summed E-state index contributed by atoms with van der Waals surface area (Å²) in [5.41, 5.74) is 3.78. The Morgan fingerprint density at radius 3 is 1.89 bits per heavy atom. The summed E-state index contributed by atoms with van der Waals surface area (Å²) in [6, 6.07) is 16.2. The number of hydrogen-bond acceptors (Lipinski definition) is 8. The largest absolute Gasteiger partial charge is 0.490 e. The van der Waals surface area contributed by atoms with Gasteiger partial charge in [-0.2, -0.15) is 39.5 Å². The van der Waals surface area contributed by atoms with Crippen molar-refractivity contribution in [3.8, 4) is 0 Å². The van der Waals surface area contributed by atoms with E-state index in [2.05, 4.69) is 47.0 Å². The van der Waals surface area contributed by atoms with Crippen LogP contribution < -0.4 is 10.2 Å². The highest BCUT2D eigenvalue weighted by Crippen LogP contribution is 2.36. The van der Waals surface area contributed by atoms with Crippen LogP contribution in [-0.4, -0.2) is 90.8 Å². The highest BCUT2D eigenvalue weighted by molar-refractivity contribution is 6.03. The van der Waals surface area contributed by atoms with Gasteiger partial charge in [0.1, 0.15) is 5.82 Å². The first-order valence-corrected chi connectivity index (χ1v) is 15.4. The third kappa shape index (κ3) is 15.9. The number of imidazole rings is 1. The molecule has 1 aliphatic rings. The number of benzene rings is 1. The molecule has 55 heavy (non-hydrogen) atoms. The molecule has 1 aromatic carbocycles. The van der Waals surface area contributed by atoms with Crippen molar-refractivity contribution in [2.24, 2.45) is 0 Å². The lowest BCUT2D eigenvalue weighted by Crippen LogP contribution is -2.32. The van der Waals surface area contributed by atoms with Crippen molar-refractivity contribution in [3.63, 3.8) is 0 Å². The van der Waals surface area contributed by atoms with Crippen LogP contribution >= 0.6 is 0 Å². The van der Waals surface area contributed by atoms with Crippen LogP contribution in [0.4, 0.5) is 51.1 Å². The zero-order valence-electron chi connectivity index (χ0n) is 29.0. The van der Waals surface area contributed by atoms with Crippen LogP contribution in [0.3, 0.4) is 0 Å². The number of carbonyl (C=O) groups is 4. The molecule has 0 saturated carbocycles. The number of amides is 1. The van der Waals surface area contributed by atoms with Crippen LogP contribution in [-0.2, 0) is 26.2 Å². The van der Waals surface area contributed by atoms with E-state index in [9.17, 15) is 44.3 Å². The molecule has 1 amide bonds. The Bertz CT molecular complexity index is 1790. The Morgan fingerprint density at radius 1 is 0.891 bits per heavy atom. The standard InChI is InChI=1S/C27H30N6O.C2F6.C2HF3O2.2CH2O2/c1-27(2,3)21-10-8-20(9-11-21)26(34)30-23-18-33-24(29-23)12-13-25(31-33)32-15-5-7-22(32)16-19-6-4-14-28-17-19;3-1(4,5)2(6,7)8;3-2(4,5)1(6)7;2*2-1-3/h4,6,8-14,17-18,22H,5,7,15-16H2,1-3H3,(H,30,34);;(H,6,7);2*1H,(H,2,3). The molecule has 4 aromatic rings. The second kappa shape index (κ2) is 20.5. The third-order valence-corrected chi connectivity index (χ3v) is 6.99. The maximum absolute atomic E-state index is 12.8. The fraction of sp³-hybridized carbons (Fsp3) is 0.364. The van der Waals surface area contributed by atoms with Crippen LogP contribution in [0.15, 0.2) is 67.1 Å². The number of anilines is 2. The number of hydrogen-bond donors (Lipinski definition) is 4. The summed E-state index contributed by atoms with van der Waals surface area (Å²) in [5, 5.41) is 28.6. The fourth-order valence-corrected chi connectivity index (χ4v) is 4.54. The topological polar surface area (TPSA) is 187 Å². The summed E-state index contributed by atoms with van der Waals surface area (Å²) in [6.45, 7) is 6.95. The highest BCUT2D eigenvalue weighted by atomic mass is 19.5. The van der Waals surface area contributed by atoms with Gasteiger partial charge in [-0.1, -0.05) is 39.0 Å². The molecule has 0 bridgehead atoms. The fourth-order valence-electron chi connectivity index (χ4n) is 4.54. The van der Waals surface area contributed by atoms with Gasteiger partial charge in [-0.05, 0) is 66.1 Å². The van der Waals surface area contributed by atoms with E-state index >= 15 is 0 Å². The lowest BCUT2D eigenvalue weighted by atomic mass is 9.87. The maximum atomic E-state index is 12.8. The SMILES string of the molecule is CC(C)(C)c1ccc(C(=O)Nc2cn3nc(N4CCCC4Cc4cccnc4)ccc3n2)cc1.FC(F)(F)C(F)(F)F.O=C(O)C(F)(F)F.O=CO.O=CO. The van der Waals surface area contributed by atoms with Gasteiger partial charge in [-0.15, -0.1) is 5.10 Å². The molecule has 5 rings (SSSR count). The number of carbonyl (C=O) groups excluding carboxylic acids is 1. The zero-order chi connectivity index (χ0) is 42.2. The molecular formula is C33H35F9N6O7. The van der Waals surface area contributed by atoms with Gasteiger partial charge in [0.15, 0.2) is 11.5 Å². The van der Waals surface area contributed by atoms with E-state index in [1.807, 2.05) is 54.9 Å². The molecule has 13 nitrogen and oxygen atoms in total. The van der Waals surface area contributed by atoms with Crippen molar-refractivity contribution in [1.82, 2.24) is 19.6 Å². The molecule has 0 aliphatic carbocycles. The molecule has 0 radical (unpaired) electrons. The van der Waals surface area contributed by atoms with E-state index in [4.69, 9.17) is 34.8 Å². The predicted molar refractivity (Wildman–Crippen MR) is 178 cm³/mol. The molecular weight excluding hydrogens is 763 g/mol. The summed E-state index contributed by atoms with van der Waals surface area (Å²) in [5.74, 6) is -1.53. The summed E-state index contributed by atoms with van der Waals surface area (Å²) in [4.78, 5) is 49.5. The molecule has 3 aromatic heterocycles. The van der Waals surface area contributed by atoms with Gasteiger partial charge < -0.3 is 25.5 Å². The van der Waals surface area contributed by atoms with Crippen molar-refractivity contribution in [2.45, 2.75) is 70.0 Å². The average molecular weight is 799 g/mol. The van der Waals surface area contributed by atoms with Crippen LogP contribution in [0.2, 0.25) is 0 Å². The molecule has 1 fully saturated rings. The second-order valence-corrected chi connectivity index (χ2v) is 12.0. The van der Waals surface area contributed by atoms with E-state index in [0.29, 0.717) is 23.1 Å². The number of aliphatic carboxylic acids is 1. The van der Waals surface area contributed by atoms with Gasteiger partial charge in [0.2, 0.25) is 0 Å². The van der Waals surface area contributed by atoms with Gasteiger partial charge in [-0.3, -0.25) is 19.4 Å². The molecule has 4 heterocycles. The summed E-state index contributed by atoms with van der Waals surface area (Å²) < 4.78 is 96.1. The van der Waals surface area contributed by atoms with Crippen molar-refractivity contribution in [2.75, 3.05) is 16.8 Å². The zero-order valence-corrected chi connectivity index (χ0v) is 29.0. The van der Waals surface area contributed by atoms with Gasteiger partial charge >= 0.3 is 24.5 Å². The third-order valence-electron chi connectivity index (χ3n) is 6.99. The number of halogens is 9. The summed E-state index contributed by atoms with van der Waals surface area (Å²) >= 11 is 0. The average Bonchev–Trinajstić information content (AvgIpc) is 3.71. The van der Waals surface area contributed by atoms with Gasteiger partial charge in [0, 0.05) is 30.5 Å². The molecule has 4 N–H and O–H groups in total.